The Labute approximate surface area is 167 Å². The Morgan fingerprint density at radius 3 is 1.46 bits per heavy atom. The number of aryl methyl sites for hydroxylation is 2. The van der Waals surface area contributed by atoms with Crippen LogP contribution in [0.3, 0.4) is 0 Å². The topological polar surface area (TPSA) is 40.6 Å². The second kappa shape index (κ2) is 7.08. The molecule has 0 spiro atoms. The summed E-state index contributed by atoms with van der Waals surface area (Å²) in [5.74, 6) is 0.288. The minimum Gasteiger partial charge on any atom is -0.338 e. The van der Waals surface area contributed by atoms with Crippen molar-refractivity contribution in [1.29, 1.82) is 0 Å². The normalized spacial score (nSPS) is 15.9. The van der Waals surface area contributed by atoms with Crippen LogP contribution in [0, 0.1) is 13.8 Å². The fourth-order valence-electron chi connectivity index (χ4n) is 4.78. The molecule has 2 heterocycles. The van der Waals surface area contributed by atoms with Crippen LogP contribution in [0.4, 0.5) is 0 Å². The van der Waals surface area contributed by atoms with Crippen LogP contribution in [0.15, 0.2) is 24.3 Å². The van der Waals surface area contributed by atoms with E-state index in [9.17, 15) is 9.59 Å². The third-order valence-corrected chi connectivity index (χ3v) is 6.36. The van der Waals surface area contributed by atoms with Gasteiger partial charge in [0.2, 0.25) is 11.8 Å². The van der Waals surface area contributed by atoms with Gasteiger partial charge in [-0.05, 0) is 71.2 Å². The molecule has 2 aromatic rings. The molecular formula is C24H28N2O2. The number of carbonyl (C=O) groups is 2. The summed E-state index contributed by atoms with van der Waals surface area (Å²) in [7, 11) is 0. The summed E-state index contributed by atoms with van der Waals surface area (Å²) in [4.78, 5) is 27.6. The van der Waals surface area contributed by atoms with Crippen molar-refractivity contribution in [1.82, 2.24) is 9.80 Å². The first-order valence-electron chi connectivity index (χ1n) is 10.1. The van der Waals surface area contributed by atoms with Crippen LogP contribution in [0.25, 0.3) is 11.1 Å². The molecule has 2 aromatic carbocycles. The van der Waals surface area contributed by atoms with Crippen molar-refractivity contribution in [2.75, 3.05) is 13.1 Å². The first-order valence-corrected chi connectivity index (χ1v) is 10.1. The monoisotopic (exact) mass is 376 g/mol. The van der Waals surface area contributed by atoms with Gasteiger partial charge in [0.1, 0.15) is 0 Å². The Morgan fingerprint density at radius 1 is 0.714 bits per heavy atom. The average Bonchev–Trinajstić information content (AvgIpc) is 2.68. The zero-order chi connectivity index (χ0) is 20.0. The molecule has 2 aliphatic heterocycles. The molecule has 0 radical (unpaired) electrons. The number of amides is 2. The third-order valence-electron chi connectivity index (χ3n) is 6.36. The van der Waals surface area contributed by atoms with Crippen molar-refractivity contribution in [3.8, 4) is 11.1 Å². The van der Waals surface area contributed by atoms with E-state index >= 15 is 0 Å². The van der Waals surface area contributed by atoms with Gasteiger partial charge in [0, 0.05) is 40.0 Å². The number of hydrogen-bond acceptors (Lipinski definition) is 2. The first kappa shape index (κ1) is 18.7. The van der Waals surface area contributed by atoms with E-state index in [1.165, 1.54) is 44.5 Å². The van der Waals surface area contributed by atoms with Gasteiger partial charge in [-0.25, -0.2) is 0 Å². The number of carbonyl (C=O) groups excluding carboxylic acids is 2. The van der Waals surface area contributed by atoms with Crippen molar-refractivity contribution >= 4 is 11.8 Å². The molecule has 4 heteroatoms. The molecule has 0 N–H and O–H groups in total. The van der Waals surface area contributed by atoms with Crippen LogP contribution in [-0.4, -0.2) is 34.7 Å². The summed E-state index contributed by atoms with van der Waals surface area (Å²) < 4.78 is 0. The van der Waals surface area contributed by atoms with E-state index in [4.69, 9.17) is 0 Å². The van der Waals surface area contributed by atoms with E-state index in [0.717, 1.165) is 25.9 Å². The quantitative estimate of drug-likeness (QED) is 0.760. The maximum atomic E-state index is 11.9. The van der Waals surface area contributed by atoms with Crippen LogP contribution in [-0.2, 0) is 35.5 Å². The first-order chi connectivity index (χ1) is 13.4. The van der Waals surface area contributed by atoms with Gasteiger partial charge in [-0.3, -0.25) is 9.59 Å². The van der Waals surface area contributed by atoms with E-state index in [0.29, 0.717) is 13.1 Å². The lowest BCUT2D eigenvalue weighted by molar-refractivity contribution is -0.130. The molecule has 0 aliphatic carbocycles. The summed E-state index contributed by atoms with van der Waals surface area (Å²) in [6, 6.07) is 8.76. The lowest BCUT2D eigenvalue weighted by Crippen LogP contribution is -2.35. The Hall–Kier alpha value is -2.62. The molecule has 0 unspecified atom stereocenters. The number of hydrogen-bond donors (Lipinski definition) is 0. The van der Waals surface area contributed by atoms with Crippen LogP contribution in [0.1, 0.15) is 47.2 Å². The highest BCUT2D eigenvalue weighted by Gasteiger charge is 2.27. The molecule has 0 aromatic heterocycles. The van der Waals surface area contributed by atoms with Crippen molar-refractivity contribution in [3.05, 3.63) is 57.6 Å². The second-order valence-electron chi connectivity index (χ2n) is 8.17. The van der Waals surface area contributed by atoms with Gasteiger partial charge in [-0.2, -0.15) is 0 Å². The number of rotatable bonds is 1. The van der Waals surface area contributed by atoms with E-state index in [1.54, 1.807) is 13.8 Å². The predicted octanol–water partition coefficient (Wildman–Crippen LogP) is 3.78. The van der Waals surface area contributed by atoms with E-state index in [1.807, 2.05) is 9.80 Å². The van der Waals surface area contributed by atoms with Gasteiger partial charge in [0.05, 0.1) is 0 Å². The minimum absolute atomic E-state index is 0.144. The Kier molecular flexibility index (Phi) is 4.74. The molecule has 4 nitrogen and oxygen atoms in total. The molecule has 2 aliphatic rings. The molecule has 2 amide bonds. The van der Waals surface area contributed by atoms with Crippen molar-refractivity contribution in [2.45, 2.75) is 53.6 Å². The standard InChI is InChI=1S/C24H28N2O2/c1-15-5-7-19-13-25(17(3)27)11-9-21(19)23(15)24-16(2)6-8-20-14-26(18(4)28)12-10-22(20)24/h5-8H,9-14H2,1-4H3. The summed E-state index contributed by atoms with van der Waals surface area (Å²) in [6.07, 6.45) is 1.79. The molecular weight excluding hydrogens is 348 g/mol. The van der Waals surface area contributed by atoms with Crippen LogP contribution in [0.5, 0.6) is 0 Å². The predicted molar refractivity (Wildman–Crippen MR) is 111 cm³/mol. The van der Waals surface area contributed by atoms with Crippen LogP contribution < -0.4 is 0 Å². The Morgan fingerprint density at radius 2 is 1.11 bits per heavy atom. The van der Waals surface area contributed by atoms with Crippen LogP contribution in [0.2, 0.25) is 0 Å². The molecule has 4 rings (SSSR count). The second-order valence-corrected chi connectivity index (χ2v) is 8.17. The van der Waals surface area contributed by atoms with Gasteiger partial charge in [0.25, 0.3) is 0 Å². The zero-order valence-electron chi connectivity index (χ0n) is 17.3. The Bertz CT molecular complexity index is 898. The van der Waals surface area contributed by atoms with Gasteiger partial charge < -0.3 is 9.80 Å². The molecule has 0 fully saturated rings. The SMILES string of the molecule is CC(=O)N1CCc2c(ccc(C)c2-c2c(C)ccc3c2CCN(C(C)=O)C3)C1. The maximum Gasteiger partial charge on any atom is 0.219 e. The molecule has 0 saturated carbocycles. The van der Waals surface area contributed by atoms with E-state index < -0.39 is 0 Å². The fourth-order valence-corrected chi connectivity index (χ4v) is 4.78. The lowest BCUT2D eigenvalue weighted by atomic mass is 9.81. The highest BCUT2D eigenvalue weighted by atomic mass is 16.2. The number of nitrogens with zero attached hydrogens (tertiary/aromatic N) is 2. The molecule has 146 valence electrons. The largest absolute Gasteiger partial charge is 0.338 e. The minimum atomic E-state index is 0.144. The Balaban J connectivity index is 1.85. The summed E-state index contributed by atoms with van der Waals surface area (Å²) in [5, 5.41) is 0. The molecule has 0 bridgehead atoms. The van der Waals surface area contributed by atoms with E-state index in [2.05, 4.69) is 38.1 Å². The third kappa shape index (κ3) is 3.11. The number of benzene rings is 2. The summed E-state index contributed by atoms with van der Waals surface area (Å²) >= 11 is 0. The maximum absolute atomic E-state index is 11.9. The molecule has 0 saturated heterocycles. The molecule has 0 atom stereocenters. The summed E-state index contributed by atoms with van der Waals surface area (Å²) in [5.41, 5.74) is 10.6. The van der Waals surface area contributed by atoms with Gasteiger partial charge in [-0.15, -0.1) is 0 Å². The smallest absolute Gasteiger partial charge is 0.219 e. The fraction of sp³-hybridized carbons (Fsp3) is 0.417. The zero-order valence-corrected chi connectivity index (χ0v) is 17.3. The van der Waals surface area contributed by atoms with Gasteiger partial charge >= 0.3 is 0 Å². The van der Waals surface area contributed by atoms with Crippen molar-refractivity contribution < 1.29 is 9.59 Å². The summed E-state index contributed by atoms with van der Waals surface area (Å²) in [6.45, 7) is 10.6. The number of fused-ring (bicyclic) bond motifs is 2. The lowest BCUT2D eigenvalue weighted by Gasteiger charge is -2.33. The molecule has 28 heavy (non-hydrogen) atoms. The van der Waals surface area contributed by atoms with Crippen LogP contribution >= 0.6 is 0 Å². The average molecular weight is 377 g/mol. The van der Waals surface area contributed by atoms with Gasteiger partial charge in [0.15, 0.2) is 0 Å². The highest BCUT2D eigenvalue weighted by Crippen LogP contribution is 2.39. The van der Waals surface area contributed by atoms with Crippen molar-refractivity contribution in [2.24, 2.45) is 0 Å². The van der Waals surface area contributed by atoms with E-state index in [-0.39, 0.29) is 11.8 Å². The highest BCUT2D eigenvalue weighted by molar-refractivity contribution is 5.81. The van der Waals surface area contributed by atoms with Gasteiger partial charge in [-0.1, -0.05) is 24.3 Å². The van der Waals surface area contributed by atoms with Crippen molar-refractivity contribution in [3.63, 3.8) is 0 Å².